The predicted octanol–water partition coefficient (Wildman–Crippen LogP) is 0.694. The van der Waals surface area contributed by atoms with Crippen LogP contribution in [0.25, 0.3) is 0 Å². The Morgan fingerprint density at radius 1 is 1.32 bits per heavy atom. The van der Waals surface area contributed by atoms with Gasteiger partial charge < -0.3 is 22.1 Å². The third-order valence-electron chi connectivity index (χ3n) is 2.60. The molecule has 0 aliphatic rings. The summed E-state index contributed by atoms with van der Waals surface area (Å²) in [6.07, 6.45) is 0.148. The maximum atomic E-state index is 11.8. The summed E-state index contributed by atoms with van der Waals surface area (Å²) < 4.78 is 0. The smallest absolute Gasteiger partial charge is 0.253 e. The van der Waals surface area contributed by atoms with E-state index >= 15 is 0 Å². The number of anilines is 2. The van der Waals surface area contributed by atoms with Gasteiger partial charge in [-0.25, -0.2) is 0 Å². The van der Waals surface area contributed by atoms with Crippen molar-refractivity contribution in [3.8, 4) is 0 Å². The zero-order valence-corrected chi connectivity index (χ0v) is 11.4. The number of hydrogen-bond acceptors (Lipinski definition) is 4. The van der Waals surface area contributed by atoms with Gasteiger partial charge in [0.1, 0.15) is 0 Å². The summed E-state index contributed by atoms with van der Waals surface area (Å²) in [6.45, 7) is 3.66. The molecule has 104 valence electrons. The Kier molecular flexibility index (Phi) is 4.37. The minimum Gasteiger partial charge on any atom is -0.399 e. The maximum Gasteiger partial charge on any atom is 0.253 e. The fraction of sp³-hybridized carbons (Fsp3) is 0.385. The van der Waals surface area contributed by atoms with E-state index in [1.807, 2.05) is 13.8 Å². The summed E-state index contributed by atoms with van der Waals surface area (Å²) in [7, 11) is 1.55. The molecular weight excluding hydrogens is 244 g/mol. The Labute approximate surface area is 112 Å². The van der Waals surface area contributed by atoms with Gasteiger partial charge in [0.25, 0.3) is 5.91 Å². The first-order valence-electron chi connectivity index (χ1n) is 5.93. The van der Waals surface area contributed by atoms with Crippen molar-refractivity contribution >= 4 is 23.2 Å². The molecule has 0 bridgehead atoms. The van der Waals surface area contributed by atoms with Crippen molar-refractivity contribution in [2.24, 2.45) is 5.73 Å². The van der Waals surface area contributed by atoms with Gasteiger partial charge in [0.05, 0.1) is 5.56 Å². The number of nitrogens with one attached hydrogen (secondary N) is 2. The minimum atomic E-state index is -0.567. The number of nitrogens with two attached hydrogens (primary N) is 2. The van der Waals surface area contributed by atoms with Crippen LogP contribution in [0.4, 0.5) is 11.4 Å². The molecule has 0 atom stereocenters. The van der Waals surface area contributed by atoms with Crippen LogP contribution in [0.3, 0.4) is 0 Å². The maximum absolute atomic E-state index is 11.8. The molecule has 1 rings (SSSR count). The number of nitrogen functional groups attached to an aromatic ring is 1. The number of primary amides is 1. The Morgan fingerprint density at radius 2 is 1.95 bits per heavy atom. The van der Waals surface area contributed by atoms with Gasteiger partial charge >= 0.3 is 0 Å². The lowest BCUT2D eigenvalue weighted by Crippen LogP contribution is -2.37. The number of carbonyl (C=O) groups excluding carboxylic acids is 2. The summed E-state index contributed by atoms with van der Waals surface area (Å²) >= 11 is 0. The van der Waals surface area contributed by atoms with Crippen LogP contribution in [0, 0.1) is 0 Å². The summed E-state index contributed by atoms with van der Waals surface area (Å²) in [5.41, 5.74) is 11.9. The van der Waals surface area contributed by atoms with Crippen molar-refractivity contribution in [2.45, 2.75) is 25.8 Å². The van der Waals surface area contributed by atoms with Crippen molar-refractivity contribution in [3.63, 3.8) is 0 Å². The number of benzene rings is 1. The zero-order chi connectivity index (χ0) is 14.6. The highest BCUT2D eigenvalue weighted by Gasteiger charge is 2.22. The number of amides is 2. The number of rotatable bonds is 5. The quantitative estimate of drug-likeness (QED) is 0.586. The van der Waals surface area contributed by atoms with Gasteiger partial charge in [-0.05, 0) is 32.0 Å². The van der Waals surface area contributed by atoms with E-state index in [0.29, 0.717) is 16.9 Å². The van der Waals surface area contributed by atoms with Crippen LogP contribution >= 0.6 is 0 Å². The molecular formula is C13H20N4O2. The van der Waals surface area contributed by atoms with E-state index in [2.05, 4.69) is 10.6 Å². The third kappa shape index (κ3) is 4.17. The molecule has 0 fully saturated rings. The topological polar surface area (TPSA) is 110 Å². The highest BCUT2D eigenvalue weighted by molar-refractivity contribution is 6.00. The van der Waals surface area contributed by atoms with Crippen LogP contribution in [-0.4, -0.2) is 24.4 Å². The second kappa shape index (κ2) is 5.60. The van der Waals surface area contributed by atoms with Crippen LogP contribution in [-0.2, 0) is 4.79 Å². The van der Waals surface area contributed by atoms with E-state index in [0.717, 1.165) is 0 Å². The lowest BCUT2D eigenvalue weighted by atomic mass is 9.98. The van der Waals surface area contributed by atoms with Gasteiger partial charge in [0, 0.05) is 30.4 Å². The van der Waals surface area contributed by atoms with Crippen molar-refractivity contribution in [1.29, 1.82) is 0 Å². The van der Waals surface area contributed by atoms with Gasteiger partial charge in [-0.15, -0.1) is 0 Å². The first-order valence-corrected chi connectivity index (χ1v) is 5.93. The zero-order valence-electron chi connectivity index (χ0n) is 11.4. The predicted molar refractivity (Wildman–Crippen MR) is 75.8 cm³/mol. The highest BCUT2D eigenvalue weighted by atomic mass is 16.2. The van der Waals surface area contributed by atoms with E-state index in [9.17, 15) is 9.59 Å². The number of carbonyl (C=O) groups is 2. The Balaban J connectivity index is 3.08. The first-order chi connectivity index (χ1) is 8.75. The molecule has 0 aliphatic heterocycles. The van der Waals surface area contributed by atoms with Gasteiger partial charge in [-0.2, -0.15) is 0 Å². The molecule has 6 N–H and O–H groups in total. The summed E-state index contributed by atoms with van der Waals surface area (Å²) in [6, 6.07) is 4.95. The second-order valence-corrected chi connectivity index (χ2v) is 5.04. The summed E-state index contributed by atoms with van der Waals surface area (Å²) in [4.78, 5) is 22.8. The standard InChI is InChI=1S/C13H20N4O2/c1-13(2,7-11(15)18)17-10-6-8(14)4-5-9(10)12(19)16-3/h4-6,17H,7,14H2,1-3H3,(H2,15,18)(H,16,19). The molecule has 0 unspecified atom stereocenters. The van der Waals surface area contributed by atoms with E-state index in [4.69, 9.17) is 11.5 Å². The molecule has 6 heteroatoms. The Hall–Kier alpha value is -2.24. The lowest BCUT2D eigenvalue weighted by molar-refractivity contribution is -0.118. The molecule has 1 aromatic rings. The third-order valence-corrected chi connectivity index (χ3v) is 2.60. The van der Waals surface area contributed by atoms with Crippen LogP contribution < -0.4 is 22.1 Å². The molecule has 0 aliphatic carbocycles. The van der Waals surface area contributed by atoms with Gasteiger partial charge in [-0.3, -0.25) is 9.59 Å². The molecule has 0 aromatic heterocycles. The Morgan fingerprint density at radius 3 is 2.47 bits per heavy atom. The molecule has 2 amide bonds. The number of hydrogen-bond donors (Lipinski definition) is 4. The van der Waals surface area contributed by atoms with Gasteiger partial charge in [0.2, 0.25) is 5.91 Å². The van der Waals surface area contributed by atoms with Crippen molar-refractivity contribution in [2.75, 3.05) is 18.1 Å². The minimum absolute atomic E-state index is 0.148. The van der Waals surface area contributed by atoms with Crippen molar-refractivity contribution in [1.82, 2.24) is 5.32 Å². The molecule has 0 spiro atoms. The normalized spacial score (nSPS) is 10.9. The van der Waals surface area contributed by atoms with E-state index in [-0.39, 0.29) is 12.3 Å². The molecule has 0 saturated carbocycles. The average Bonchev–Trinajstić information content (AvgIpc) is 2.25. The van der Waals surface area contributed by atoms with Gasteiger partial charge in [0.15, 0.2) is 0 Å². The molecule has 19 heavy (non-hydrogen) atoms. The fourth-order valence-corrected chi connectivity index (χ4v) is 1.84. The van der Waals surface area contributed by atoms with Crippen molar-refractivity contribution in [3.05, 3.63) is 23.8 Å². The van der Waals surface area contributed by atoms with E-state index in [1.165, 1.54) is 0 Å². The average molecular weight is 264 g/mol. The lowest BCUT2D eigenvalue weighted by Gasteiger charge is -2.27. The highest BCUT2D eigenvalue weighted by Crippen LogP contribution is 2.24. The van der Waals surface area contributed by atoms with Gasteiger partial charge in [-0.1, -0.05) is 0 Å². The fourth-order valence-electron chi connectivity index (χ4n) is 1.84. The van der Waals surface area contributed by atoms with Crippen LogP contribution in [0.15, 0.2) is 18.2 Å². The van der Waals surface area contributed by atoms with E-state index < -0.39 is 11.4 Å². The second-order valence-electron chi connectivity index (χ2n) is 5.04. The first kappa shape index (κ1) is 14.8. The SMILES string of the molecule is CNC(=O)c1ccc(N)cc1NC(C)(C)CC(N)=O. The summed E-state index contributed by atoms with van der Waals surface area (Å²) in [5.74, 6) is -0.639. The summed E-state index contributed by atoms with van der Waals surface area (Å²) in [5, 5.41) is 5.69. The molecule has 0 heterocycles. The molecule has 1 aromatic carbocycles. The Bertz CT molecular complexity index is 497. The van der Waals surface area contributed by atoms with Crippen LogP contribution in [0.2, 0.25) is 0 Å². The van der Waals surface area contributed by atoms with E-state index in [1.54, 1.807) is 25.2 Å². The molecule has 0 radical (unpaired) electrons. The van der Waals surface area contributed by atoms with Crippen molar-refractivity contribution < 1.29 is 9.59 Å². The molecule has 0 saturated heterocycles. The molecule has 6 nitrogen and oxygen atoms in total. The van der Waals surface area contributed by atoms with Crippen LogP contribution in [0.1, 0.15) is 30.6 Å². The van der Waals surface area contributed by atoms with Crippen LogP contribution in [0.5, 0.6) is 0 Å². The largest absolute Gasteiger partial charge is 0.399 e. The monoisotopic (exact) mass is 264 g/mol.